The van der Waals surface area contributed by atoms with Gasteiger partial charge >= 0.3 is 0 Å². The number of nitrogens with zero attached hydrogens (tertiary/aromatic N) is 3. The largest absolute Gasteiger partial charge is 0.391 e. The van der Waals surface area contributed by atoms with E-state index in [0.717, 1.165) is 17.8 Å². The zero-order valence-electron chi connectivity index (χ0n) is 12.8. The minimum atomic E-state index is -0.437. The number of aromatic nitrogens is 3. The maximum Gasteiger partial charge on any atom is 0.253 e. The SMILES string of the molecule is Cc1nc(-c2ccc(C(=O)N3CCC(C)C(O)C3)cc2)n[nH]1. The first-order chi connectivity index (χ1) is 10.5. The highest BCUT2D eigenvalue weighted by molar-refractivity contribution is 5.94. The number of aliphatic hydroxyl groups is 1. The predicted molar refractivity (Wildman–Crippen MR) is 82.2 cm³/mol. The number of carbonyl (C=O) groups is 1. The summed E-state index contributed by atoms with van der Waals surface area (Å²) in [4.78, 5) is 18.5. The molecule has 0 aliphatic carbocycles. The Morgan fingerprint density at radius 1 is 1.36 bits per heavy atom. The van der Waals surface area contributed by atoms with Crippen molar-refractivity contribution >= 4 is 5.91 Å². The number of H-pyrrole nitrogens is 1. The quantitative estimate of drug-likeness (QED) is 0.883. The lowest BCUT2D eigenvalue weighted by Crippen LogP contribution is -2.45. The van der Waals surface area contributed by atoms with Crippen LogP contribution in [0.15, 0.2) is 24.3 Å². The lowest BCUT2D eigenvalue weighted by Gasteiger charge is -2.34. The molecule has 116 valence electrons. The van der Waals surface area contributed by atoms with E-state index in [9.17, 15) is 9.90 Å². The van der Waals surface area contributed by atoms with E-state index < -0.39 is 6.10 Å². The molecule has 6 heteroatoms. The molecule has 2 aromatic rings. The van der Waals surface area contributed by atoms with Crippen molar-refractivity contribution in [2.45, 2.75) is 26.4 Å². The fraction of sp³-hybridized carbons (Fsp3) is 0.438. The van der Waals surface area contributed by atoms with Crippen LogP contribution in [-0.4, -0.2) is 50.3 Å². The zero-order chi connectivity index (χ0) is 15.7. The van der Waals surface area contributed by atoms with Gasteiger partial charge in [-0.05, 0) is 31.4 Å². The number of carbonyl (C=O) groups excluding carboxylic acids is 1. The number of amides is 1. The monoisotopic (exact) mass is 300 g/mol. The molecule has 3 rings (SSSR count). The standard InChI is InChI=1S/C16H20N4O2/c1-10-7-8-20(9-14(10)21)16(22)13-5-3-12(4-6-13)15-17-11(2)18-19-15/h3-6,10,14,21H,7-9H2,1-2H3,(H,17,18,19). The Balaban J connectivity index is 1.74. The third-order valence-corrected chi connectivity index (χ3v) is 4.19. The zero-order valence-corrected chi connectivity index (χ0v) is 12.8. The second-order valence-corrected chi connectivity index (χ2v) is 5.91. The number of hydrogen-bond acceptors (Lipinski definition) is 4. The summed E-state index contributed by atoms with van der Waals surface area (Å²) in [5.74, 6) is 1.59. The van der Waals surface area contributed by atoms with Crippen molar-refractivity contribution in [1.82, 2.24) is 20.1 Å². The minimum Gasteiger partial charge on any atom is -0.391 e. The number of benzene rings is 1. The van der Waals surface area contributed by atoms with Crippen LogP contribution < -0.4 is 0 Å². The lowest BCUT2D eigenvalue weighted by atomic mass is 9.95. The maximum absolute atomic E-state index is 12.5. The summed E-state index contributed by atoms with van der Waals surface area (Å²) in [5, 5.41) is 16.8. The fourth-order valence-corrected chi connectivity index (χ4v) is 2.65. The second-order valence-electron chi connectivity index (χ2n) is 5.91. The summed E-state index contributed by atoms with van der Waals surface area (Å²) in [5.41, 5.74) is 1.49. The van der Waals surface area contributed by atoms with E-state index in [1.165, 1.54) is 0 Å². The topological polar surface area (TPSA) is 82.1 Å². The number of rotatable bonds is 2. The van der Waals surface area contributed by atoms with Crippen LogP contribution in [0.1, 0.15) is 29.5 Å². The van der Waals surface area contributed by atoms with Crippen molar-refractivity contribution < 1.29 is 9.90 Å². The normalized spacial score (nSPS) is 21.9. The molecule has 1 aliphatic rings. The molecule has 0 spiro atoms. The average Bonchev–Trinajstić information content (AvgIpc) is 2.96. The van der Waals surface area contributed by atoms with Crippen molar-refractivity contribution in [2.75, 3.05) is 13.1 Å². The molecule has 1 fully saturated rings. The van der Waals surface area contributed by atoms with Gasteiger partial charge in [-0.15, -0.1) is 0 Å². The Labute approximate surface area is 129 Å². The van der Waals surface area contributed by atoms with Gasteiger partial charge in [0, 0.05) is 24.2 Å². The van der Waals surface area contributed by atoms with Gasteiger partial charge in [-0.2, -0.15) is 5.10 Å². The van der Waals surface area contributed by atoms with Crippen LogP contribution in [0.3, 0.4) is 0 Å². The number of piperidine rings is 1. The second kappa shape index (κ2) is 5.88. The van der Waals surface area contributed by atoms with E-state index in [0.29, 0.717) is 24.5 Å². The molecule has 0 radical (unpaired) electrons. The molecule has 1 saturated heterocycles. The number of nitrogens with one attached hydrogen (secondary N) is 1. The van der Waals surface area contributed by atoms with Gasteiger partial charge in [-0.25, -0.2) is 4.98 Å². The van der Waals surface area contributed by atoms with Crippen molar-refractivity contribution in [3.05, 3.63) is 35.7 Å². The Hall–Kier alpha value is -2.21. The molecule has 1 aromatic carbocycles. The van der Waals surface area contributed by atoms with Crippen molar-refractivity contribution in [3.63, 3.8) is 0 Å². The lowest BCUT2D eigenvalue weighted by molar-refractivity contribution is 0.0248. The highest BCUT2D eigenvalue weighted by atomic mass is 16.3. The molecule has 1 aromatic heterocycles. The van der Waals surface area contributed by atoms with Gasteiger partial charge in [-0.1, -0.05) is 19.1 Å². The molecular weight excluding hydrogens is 280 g/mol. The van der Waals surface area contributed by atoms with Crippen LogP contribution in [0.5, 0.6) is 0 Å². The molecule has 22 heavy (non-hydrogen) atoms. The van der Waals surface area contributed by atoms with Crippen molar-refractivity contribution in [2.24, 2.45) is 5.92 Å². The minimum absolute atomic E-state index is 0.0383. The van der Waals surface area contributed by atoms with Crippen molar-refractivity contribution in [3.8, 4) is 11.4 Å². The summed E-state index contributed by atoms with van der Waals surface area (Å²) in [6.45, 7) is 4.96. The molecule has 2 N–H and O–H groups in total. The highest BCUT2D eigenvalue weighted by Gasteiger charge is 2.27. The van der Waals surface area contributed by atoms with Gasteiger partial charge in [0.15, 0.2) is 5.82 Å². The van der Waals surface area contributed by atoms with E-state index in [2.05, 4.69) is 15.2 Å². The molecule has 0 saturated carbocycles. The first-order valence-electron chi connectivity index (χ1n) is 7.51. The van der Waals surface area contributed by atoms with Gasteiger partial charge in [0.1, 0.15) is 5.82 Å². The van der Waals surface area contributed by atoms with E-state index >= 15 is 0 Å². The Morgan fingerprint density at radius 2 is 2.09 bits per heavy atom. The summed E-state index contributed by atoms with van der Waals surface area (Å²) >= 11 is 0. The average molecular weight is 300 g/mol. The third kappa shape index (κ3) is 2.87. The molecular formula is C16H20N4O2. The van der Waals surface area contributed by atoms with Gasteiger partial charge in [-0.3, -0.25) is 9.89 Å². The van der Waals surface area contributed by atoms with Crippen LogP contribution in [0.4, 0.5) is 0 Å². The van der Waals surface area contributed by atoms with Crippen molar-refractivity contribution in [1.29, 1.82) is 0 Å². The van der Waals surface area contributed by atoms with Crippen LogP contribution in [0.25, 0.3) is 11.4 Å². The number of aromatic amines is 1. The van der Waals surface area contributed by atoms with Crippen LogP contribution in [0.2, 0.25) is 0 Å². The smallest absolute Gasteiger partial charge is 0.253 e. The number of hydrogen-bond donors (Lipinski definition) is 2. The highest BCUT2D eigenvalue weighted by Crippen LogP contribution is 2.20. The predicted octanol–water partition coefficient (Wildman–Crippen LogP) is 1.62. The molecule has 2 heterocycles. The van der Waals surface area contributed by atoms with E-state index in [-0.39, 0.29) is 11.8 Å². The molecule has 2 unspecified atom stereocenters. The van der Waals surface area contributed by atoms with E-state index in [1.807, 2.05) is 26.0 Å². The summed E-state index contributed by atoms with van der Waals surface area (Å²) in [7, 11) is 0. The summed E-state index contributed by atoms with van der Waals surface area (Å²) < 4.78 is 0. The number of β-amino-alcohol motifs (C(OH)–C–C–N with tert-alkyl or cyclic N) is 1. The first-order valence-corrected chi connectivity index (χ1v) is 7.51. The van der Waals surface area contributed by atoms with E-state index in [4.69, 9.17) is 0 Å². The van der Waals surface area contributed by atoms with Crippen LogP contribution in [0, 0.1) is 12.8 Å². The fourth-order valence-electron chi connectivity index (χ4n) is 2.65. The third-order valence-electron chi connectivity index (χ3n) is 4.19. The molecule has 1 aliphatic heterocycles. The summed E-state index contributed by atoms with van der Waals surface area (Å²) in [6.07, 6.45) is 0.398. The molecule has 6 nitrogen and oxygen atoms in total. The van der Waals surface area contributed by atoms with Crippen LogP contribution >= 0.6 is 0 Å². The molecule has 2 atom stereocenters. The summed E-state index contributed by atoms with van der Waals surface area (Å²) in [6, 6.07) is 7.26. The Morgan fingerprint density at radius 3 is 2.68 bits per heavy atom. The Bertz CT molecular complexity index is 665. The van der Waals surface area contributed by atoms with Gasteiger partial charge in [0.2, 0.25) is 0 Å². The van der Waals surface area contributed by atoms with E-state index in [1.54, 1.807) is 17.0 Å². The number of aryl methyl sites for hydroxylation is 1. The first kappa shape index (κ1) is 14.7. The van der Waals surface area contributed by atoms with Gasteiger partial charge in [0.05, 0.1) is 6.10 Å². The van der Waals surface area contributed by atoms with Crippen LogP contribution in [-0.2, 0) is 0 Å². The number of aliphatic hydroxyl groups excluding tert-OH is 1. The Kier molecular flexibility index (Phi) is 3.94. The van der Waals surface area contributed by atoms with Gasteiger partial charge < -0.3 is 10.0 Å². The van der Waals surface area contributed by atoms with Gasteiger partial charge in [0.25, 0.3) is 5.91 Å². The molecule has 0 bridgehead atoms. The maximum atomic E-state index is 12.5. The molecule has 1 amide bonds. The number of likely N-dealkylation sites (tertiary alicyclic amines) is 1.